The van der Waals surface area contributed by atoms with E-state index in [1.165, 1.54) is 51.1 Å². The van der Waals surface area contributed by atoms with Crippen LogP contribution in [0.5, 0.6) is 0 Å². The number of allylic oxidation sites excluding steroid dienone is 15. The van der Waals surface area contributed by atoms with E-state index in [2.05, 4.69) is 163 Å². The zero-order valence-corrected chi connectivity index (χ0v) is 34.9. The number of nitrogens with zero attached hydrogens (tertiary/aromatic N) is 3. The Labute approximate surface area is 357 Å². The second-order valence-corrected chi connectivity index (χ2v) is 17.8. The first kappa shape index (κ1) is 38.6. The predicted molar refractivity (Wildman–Crippen MR) is 251 cm³/mol. The van der Waals surface area contributed by atoms with Crippen molar-refractivity contribution in [1.29, 1.82) is 0 Å². The summed E-state index contributed by atoms with van der Waals surface area (Å²) in [5.74, 6) is 4.41. The Bertz CT molecular complexity index is 2410. The summed E-state index contributed by atoms with van der Waals surface area (Å²) in [5, 5.41) is 3.86. The van der Waals surface area contributed by atoms with Gasteiger partial charge in [0, 0.05) is 46.4 Å². The third-order valence-corrected chi connectivity index (χ3v) is 13.9. The van der Waals surface area contributed by atoms with Gasteiger partial charge in [-0.2, -0.15) is 0 Å². The lowest BCUT2D eigenvalue weighted by Crippen LogP contribution is -2.43. The largest absolute Gasteiger partial charge is 0.328 e. The summed E-state index contributed by atoms with van der Waals surface area (Å²) in [6.07, 6.45) is 47.9. The highest BCUT2D eigenvalue weighted by Gasteiger charge is 2.32. The fraction of sp³-hybridized carbons (Fsp3) is 0.339. The third kappa shape index (κ3) is 8.53. The van der Waals surface area contributed by atoms with Gasteiger partial charge in [0.15, 0.2) is 6.17 Å². The number of aromatic nitrogens is 1. The molecule has 1 aromatic heterocycles. The van der Waals surface area contributed by atoms with Crippen LogP contribution >= 0.6 is 0 Å². The van der Waals surface area contributed by atoms with Gasteiger partial charge in [0.1, 0.15) is 11.7 Å². The van der Waals surface area contributed by atoms with Crippen LogP contribution in [0.2, 0.25) is 0 Å². The minimum absolute atomic E-state index is 0.142. The Morgan fingerprint density at radius 3 is 2.28 bits per heavy atom. The van der Waals surface area contributed by atoms with Gasteiger partial charge in [-0.3, -0.25) is 4.98 Å². The normalized spacial score (nSPS) is 28.6. The number of rotatable bonds is 9. The molecule has 6 aliphatic carbocycles. The molecule has 0 saturated carbocycles. The molecule has 4 heteroatoms. The zero-order valence-electron chi connectivity index (χ0n) is 34.9. The minimum atomic E-state index is -0.142. The number of nitrogens with one attached hydrogen (secondary N) is 1. The van der Waals surface area contributed by atoms with Crippen LogP contribution in [-0.2, 0) is 0 Å². The van der Waals surface area contributed by atoms with Crippen LogP contribution in [0.25, 0.3) is 16.8 Å². The van der Waals surface area contributed by atoms with Gasteiger partial charge in [-0.25, -0.2) is 9.98 Å². The molecule has 0 saturated heterocycles. The SMILES string of the molecule is C1=CCC(C2=CCC(C3N=C(C4=CCCC(c5cccc(-c6nc(C7CC=CCC7)ccc6C6=CCCC=C6)c5)C4)NC(C4C=CC(c5ccccc5)CC4)=N3)C=C2)C=C1. The molecule has 2 heterocycles. The lowest BCUT2D eigenvalue weighted by Gasteiger charge is -2.33. The lowest BCUT2D eigenvalue weighted by atomic mass is 9.81. The van der Waals surface area contributed by atoms with Crippen LogP contribution in [0.4, 0.5) is 0 Å². The topological polar surface area (TPSA) is 49.6 Å². The van der Waals surface area contributed by atoms with E-state index >= 15 is 0 Å². The van der Waals surface area contributed by atoms with E-state index in [4.69, 9.17) is 15.0 Å². The summed E-state index contributed by atoms with van der Waals surface area (Å²) in [4.78, 5) is 16.4. The van der Waals surface area contributed by atoms with Crippen molar-refractivity contribution in [2.45, 2.75) is 101 Å². The van der Waals surface area contributed by atoms with E-state index in [1.807, 2.05) is 0 Å². The summed E-state index contributed by atoms with van der Waals surface area (Å²) in [7, 11) is 0. The number of amidine groups is 2. The fourth-order valence-electron chi connectivity index (χ4n) is 10.4. The molecule has 1 aliphatic heterocycles. The first-order valence-electron chi connectivity index (χ1n) is 22.9. The average Bonchev–Trinajstić information content (AvgIpc) is 3.35. The van der Waals surface area contributed by atoms with Gasteiger partial charge in [0.2, 0.25) is 0 Å². The van der Waals surface area contributed by atoms with Gasteiger partial charge in [0.05, 0.1) is 5.69 Å². The monoisotopic (exact) mass is 786 g/mol. The molecule has 7 atom stereocenters. The molecular formula is C56H58N4. The van der Waals surface area contributed by atoms with Gasteiger partial charge < -0.3 is 5.32 Å². The molecule has 7 unspecified atom stereocenters. The molecule has 302 valence electrons. The Kier molecular flexibility index (Phi) is 11.5. The number of hydrogen-bond donors (Lipinski definition) is 1. The van der Waals surface area contributed by atoms with Gasteiger partial charge >= 0.3 is 0 Å². The van der Waals surface area contributed by atoms with E-state index in [0.29, 0.717) is 23.7 Å². The zero-order chi connectivity index (χ0) is 40.1. The van der Waals surface area contributed by atoms with Gasteiger partial charge in [-0.05, 0) is 123 Å². The maximum atomic E-state index is 5.49. The quantitative estimate of drug-likeness (QED) is 0.220. The summed E-state index contributed by atoms with van der Waals surface area (Å²) in [5.41, 5.74) is 11.7. The highest BCUT2D eigenvalue weighted by molar-refractivity contribution is 6.11. The molecule has 7 aliphatic rings. The number of hydrogen-bond acceptors (Lipinski definition) is 4. The van der Waals surface area contributed by atoms with E-state index in [-0.39, 0.29) is 18.0 Å². The maximum Gasteiger partial charge on any atom is 0.150 e. The van der Waals surface area contributed by atoms with Gasteiger partial charge in [-0.15, -0.1) is 0 Å². The lowest BCUT2D eigenvalue weighted by molar-refractivity contribution is 0.501. The predicted octanol–water partition coefficient (Wildman–Crippen LogP) is 13.6. The standard InChI is InChI=1S/C56H58N4/c1-5-15-39(16-6-1)41-27-31-45(32-28-41)54-58-55(46-33-29-42(30-34-46)40-17-7-2-8-18-40)60-56(59-54)50-26-14-24-48(38-50)47-23-13-25-49(37-47)53-51(43-19-9-3-10-20-43)35-36-52(57-53)44-21-11-4-12-22-44/h1-2,4-9,11,13,15-17,19-20,23,25-27,29-31,33,35-37,40-41,44-46,48,55H,3,10,12,14,18,21-22,24,28,32,34,38H2,(H,58,59,60). The fourth-order valence-corrected chi connectivity index (χ4v) is 10.4. The van der Waals surface area contributed by atoms with Crippen LogP contribution in [0.3, 0.4) is 0 Å². The molecule has 1 N–H and O–H groups in total. The Balaban J connectivity index is 0.920. The Morgan fingerprint density at radius 1 is 0.583 bits per heavy atom. The molecule has 4 nitrogen and oxygen atoms in total. The first-order valence-corrected chi connectivity index (χ1v) is 22.9. The molecule has 10 rings (SSSR count). The summed E-state index contributed by atoms with van der Waals surface area (Å²) in [6.45, 7) is 0. The summed E-state index contributed by atoms with van der Waals surface area (Å²) >= 11 is 0. The van der Waals surface area contributed by atoms with Crippen molar-refractivity contribution < 1.29 is 0 Å². The van der Waals surface area contributed by atoms with Crippen LogP contribution in [0.1, 0.15) is 117 Å². The van der Waals surface area contributed by atoms with Crippen LogP contribution in [0, 0.1) is 17.8 Å². The van der Waals surface area contributed by atoms with Crippen molar-refractivity contribution in [3.05, 3.63) is 191 Å². The molecule has 0 fully saturated rings. The molecule has 0 spiro atoms. The van der Waals surface area contributed by atoms with Gasteiger partial charge in [0.25, 0.3) is 0 Å². The van der Waals surface area contributed by atoms with Gasteiger partial charge in [-0.1, -0.05) is 146 Å². The molecule has 0 radical (unpaired) electrons. The molecule has 0 bridgehead atoms. The highest BCUT2D eigenvalue weighted by Crippen LogP contribution is 2.40. The van der Waals surface area contributed by atoms with E-state index in [9.17, 15) is 0 Å². The smallest absolute Gasteiger partial charge is 0.150 e. The second-order valence-electron chi connectivity index (χ2n) is 17.8. The van der Waals surface area contributed by atoms with Crippen LogP contribution in [0.15, 0.2) is 179 Å². The minimum Gasteiger partial charge on any atom is -0.328 e. The molecule has 0 amide bonds. The second kappa shape index (κ2) is 17.9. The van der Waals surface area contributed by atoms with Crippen molar-refractivity contribution in [2.75, 3.05) is 0 Å². The third-order valence-electron chi connectivity index (χ3n) is 13.9. The average molecular weight is 787 g/mol. The number of benzene rings is 2. The first-order chi connectivity index (χ1) is 29.7. The summed E-state index contributed by atoms with van der Waals surface area (Å²) in [6, 6.07) is 24.9. The Hall–Kier alpha value is -5.61. The van der Waals surface area contributed by atoms with Crippen molar-refractivity contribution in [1.82, 2.24) is 10.3 Å². The van der Waals surface area contributed by atoms with Crippen LogP contribution < -0.4 is 5.32 Å². The van der Waals surface area contributed by atoms with Crippen molar-refractivity contribution >= 4 is 17.2 Å². The Morgan fingerprint density at radius 2 is 1.48 bits per heavy atom. The van der Waals surface area contributed by atoms with E-state index in [1.54, 1.807) is 0 Å². The summed E-state index contributed by atoms with van der Waals surface area (Å²) < 4.78 is 0. The maximum absolute atomic E-state index is 5.49. The molecule has 3 aromatic rings. The number of pyridine rings is 1. The van der Waals surface area contributed by atoms with E-state index < -0.39 is 0 Å². The molecular weight excluding hydrogens is 729 g/mol. The molecule has 2 aromatic carbocycles. The van der Waals surface area contributed by atoms with Crippen molar-refractivity contribution in [3.63, 3.8) is 0 Å². The van der Waals surface area contributed by atoms with Crippen molar-refractivity contribution in [3.8, 4) is 11.3 Å². The highest BCUT2D eigenvalue weighted by atomic mass is 15.2. The van der Waals surface area contributed by atoms with Crippen molar-refractivity contribution in [2.24, 2.45) is 27.7 Å². The molecule has 60 heavy (non-hydrogen) atoms. The van der Waals surface area contributed by atoms with Crippen LogP contribution in [-0.4, -0.2) is 22.8 Å². The van der Waals surface area contributed by atoms with E-state index in [0.717, 1.165) is 88.0 Å². The number of aliphatic imine (C=N–C) groups is 2.